The molecule has 4 rings (SSSR count). The van der Waals surface area contributed by atoms with Gasteiger partial charge in [-0.05, 0) is 87.2 Å². The Morgan fingerprint density at radius 2 is 1.21 bits per heavy atom. The van der Waals surface area contributed by atoms with Crippen molar-refractivity contribution in [2.24, 2.45) is 11.3 Å². The summed E-state index contributed by atoms with van der Waals surface area (Å²) in [6, 6.07) is 7.06. The summed E-state index contributed by atoms with van der Waals surface area (Å²) in [6.45, 7) is 9.25. The minimum absolute atomic E-state index is 0.263. The number of piperidine rings is 1. The number of anilines is 1. The molecule has 2 saturated heterocycles. The zero-order valence-corrected chi connectivity index (χ0v) is 28.1. The first kappa shape index (κ1) is 33.6. The number of rotatable bonds is 7. The molecule has 1 aromatic carbocycles. The van der Waals surface area contributed by atoms with Gasteiger partial charge in [-0.15, -0.1) is 0 Å². The second-order valence-electron chi connectivity index (χ2n) is 13.7. The van der Waals surface area contributed by atoms with E-state index in [-0.39, 0.29) is 11.4 Å². The topological polar surface area (TPSA) is 84.5 Å². The van der Waals surface area contributed by atoms with Crippen LogP contribution in [0.3, 0.4) is 0 Å². The molecule has 1 aliphatic carbocycles. The first-order valence-corrected chi connectivity index (χ1v) is 19.0. The summed E-state index contributed by atoms with van der Waals surface area (Å²) in [5.41, 5.74) is 0.375. The summed E-state index contributed by atoms with van der Waals surface area (Å²) in [5.74, 6) is 0.675. The van der Waals surface area contributed by atoms with Gasteiger partial charge in [0, 0.05) is 65.6 Å². The van der Waals surface area contributed by atoms with E-state index in [9.17, 15) is 16.8 Å². The number of benzene rings is 1. The molecule has 2 aliphatic heterocycles. The molecule has 42 heavy (non-hydrogen) atoms. The Hall–Kier alpha value is -1.24. The third-order valence-corrected chi connectivity index (χ3v) is 13.0. The van der Waals surface area contributed by atoms with Gasteiger partial charge in [0.25, 0.3) is 10.2 Å². The van der Waals surface area contributed by atoms with Gasteiger partial charge in [0.15, 0.2) is 0 Å². The lowest BCUT2D eigenvalue weighted by Crippen LogP contribution is -2.52. The van der Waals surface area contributed by atoms with Crippen LogP contribution in [0.15, 0.2) is 29.2 Å². The zero-order chi connectivity index (χ0) is 30.4. The quantitative estimate of drug-likeness (QED) is 0.445. The molecule has 0 unspecified atom stereocenters. The van der Waals surface area contributed by atoms with Gasteiger partial charge >= 0.3 is 0 Å². The Morgan fingerprint density at radius 1 is 0.690 bits per heavy atom. The highest BCUT2D eigenvalue weighted by Crippen LogP contribution is 2.29. The van der Waals surface area contributed by atoms with E-state index >= 15 is 0 Å². The van der Waals surface area contributed by atoms with Gasteiger partial charge in [0.2, 0.25) is 10.0 Å². The molecule has 3 fully saturated rings. The number of sulfonamides is 1. The fourth-order valence-electron chi connectivity index (χ4n) is 6.86. The lowest BCUT2D eigenvalue weighted by atomic mass is 9.89. The van der Waals surface area contributed by atoms with Crippen molar-refractivity contribution in [1.29, 1.82) is 0 Å². The summed E-state index contributed by atoms with van der Waals surface area (Å²) in [4.78, 5) is 4.71. The Balaban J connectivity index is 1.61. The summed E-state index contributed by atoms with van der Waals surface area (Å²) in [5, 5.41) is 0. The molecule has 0 radical (unpaired) electrons. The lowest BCUT2D eigenvalue weighted by molar-refractivity contribution is 0.158. The molecule has 3 aliphatic rings. The van der Waals surface area contributed by atoms with Crippen molar-refractivity contribution in [1.82, 2.24) is 17.8 Å². The molecule has 240 valence electrons. The van der Waals surface area contributed by atoms with E-state index in [0.29, 0.717) is 38.6 Å². The van der Waals surface area contributed by atoms with E-state index in [0.717, 1.165) is 57.4 Å². The molecule has 1 aromatic rings. The van der Waals surface area contributed by atoms with Gasteiger partial charge in [-0.1, -0.05) is 39.5 Å². The molecule has 0 spiro atoms. The van der Waals surface area contributed by atoms with Crippen molar-refractivity contribution >= 4 is 25.9 Å². The highest BCUT2D eigenvalue weighted by Gasteiger charge is 2.38. The van der Waals surface area contributed by atoms with Gasteiger partial charge in [0.1, 0.15) is 0 Å². The average molecular weight is 626 g/mol. The van der Waals surface area contributed by atoms with Gasteiger partial charge in [0.05, 0.1) is 4.90 Å². The SMILES string of the molecule is CN(C)c1ccc(S(=O)(=O)N2CCCN(CC3CCCCC3)CCCN(S(=O)(=O)N3CCCCC3)CC(C)(C)C2)cc1. The standard InChI is InChI=1S/C31H55N5O4S2/c1-31(2)26-35(41(37,38)30-17-15-29(16-18-30)32(3)4)23-11-19-33(25-28-13-7-5-8-14-28)20-12-24-36(27-31)42(39,40)34-21-9-6-10-22-34/h15-18,28H,5-14,19-27H2,1-4H3. The van der Waals surface area contributed by atoms with Gasteiger partial charge in [-0.25, -0.2) is 8.42 Å². The van der Waals surface area contributed by atoms with E-state index in [4.69, 9.17) is 0 Å². The van der Waals surface area contributed by atoms with Crippen LogP contribution < -0.4 is 4.90 Å². The second-order valence-corrected chi connectivity index (χ2v) is 17.6. The molecule has 0 bridgehead atoms. The molecular formula is C31H55N5O4S2. The molecule has 0 amide bonds. The zero-order valence-electron chi connectivity index (χ0n) is 26.5. The van der Waals surface area contributed by atoms with Crippen molar-refractivity contribution in [3.8, 4) is 0 Å². The molecule has 11 heteroatoms. The smallest absolute Gasteiger partial charge is 0.281 e. The molecule has 1 saturated carbocycles. The highest BCUT2D eigenvalue weighted by atomic mass is 32.2. The summed E-state index contributed by atoms with van der Waals surface area (Å²) in [6.07, 6.45) is 10.8. The van der Waals surface area contributed by atoms with E-state index in [2.05, 4.69) is 4.90 Å². The van der Waals surface area contributed by atoms with Crippen LogP contribution in [0.1, 0.15) is 78.1 Å². The second kappa shape index (κ2) is 14.7. The first-order valence-electron chi connectivity index (χ1n) is 16.1. The van der Waals surface area contributed by atoms with Crippen LogP contribution in [-0.4, -0.2) is 108 Å². The fraction of sp³-hybridized carbons (Fsp3) is 0.806. The Morgan fingerprint density at radius 3 is 1.81 bits per heavy atom. The Kier molecular flexibility index (Phi) is 11.8. The first-order chi connectivity index (χ1) is 19.9. The van der Waals surface area contributed by atoms with E-state index < -0.39 is 25.6 Å². The number of hydrogen-bond donors (Lipinski definition) is 0. The van der Waals surface area contributed by atoms with Crippen molar-refractivity contribution in [3.63, 3.8) is 0 Å². The largest absolute Gasteiger partial charge is 0.378 e. The Labute approximate surface area is 256 Å². The molecule has 0 N–H and O–H groups in total. The number of nitrogens with zero attached hydrogens (tertiary/aromatic N) is 5. The average Bonchev–Trinajstić information content (AvgIpc) is 2.96. The van der Waals surface area contributed by atoms with Crippen LogP contribution in [0.25, 0.3) is 0 Å². The van der Waals surface area contributed by atoms with Crippen molar-refractivity contribution < 1.29 is 16.8 Å². The summed E-state index contributed by atoms with van der Waals surface area (Å²) >= 11 is 0. The molecule has 0 atom stereocenters. The van der Waals surface area contributed by atoms with Crippen molar-refractivity contribution in [3.05, 3.63) is 24.3 Å². The van der Waals surface area contributed by atoms with E-state index in [1.807, 2.05) is 45.0 Å². The third kappa shape index (κ3) is 8.91. The van der Waals surface area contributed by atoms with E-state index in [1.165, 1.54) is 32.1 Å². The normalized spacial score (nSPS) is 24.1. The van der Waals surface area contributed by atoms with Gasteiger partial charge in [-0.2, -0.15) is 21.3 Å². The highest BCUT2D eigenvalue weighted by molar-refractivity contribution is 7.89. The maximum absolute atomic E-state index is 14.1. The van der Waals surface area contributed by atoms with Crippen molar-refractivity contribution in [2.45, 2.75) is 83.0 Å². The maximum Gasteiger partial charge on any atom is 0.281 e. The van der Waals surface area contributed by atoms with Crippen LogP contribution >= 0.6 is 0 Å². The number of hydrogen-bond acceptors (Lipinski definition) is 6. The van der Waals surface area contributed by atoms with Crippen LogP contribution in [0.2, 0.25) is 0 Å². The molecular weight excluding hydrogens is 571 g/mol. The summed E-state index contributed by atoms with van der Waals surface area (Å²) < 4.78 is 60.9. The van der Waals surface area contributed by atoms with Crippen LogP contribution in [0.4, 0.5) is 5.69 Å². The Bertz CT molecular complexity index is 1190. The third-order valence-electron chi connectivity index (χ3n) is 9.17. The lowest BCUT2D eigenvalue weighted by Gasteiger charge is -2.39. The minimum Gasteiger partial charge on any atom is -0.378 e. The van der Waals surface area contributed by atoms with Crippen LogP contribution in [0, 0.1) is 11.3 Å². The predicted octanol–water partition coefficient (Wildman–Crippen LogP) is 4.48. The van der Waals surface area contributed by atoms with Crippen LogP contribution in [0.5, 0.6) is 0 Å². The minimum atomic E-state index is -3.76. The summed E-state index contributed by atoms with van der Waals surface area (Å²) in [7, 11) is -3.53. The monoisotopic (exact) mass is 625 g/mol. The maximum atomic E-state index is 14.1. The van der Waals surface area contributed by atoms with Crippen molar-refractivity contribution in [2.75, 3.05) is 77.9 Å². The van der Waals surface area contributed by atoms with Gasteiger partial charge in [-0.3, -0.25) is 0 Å². The molecule has 9 nitrogen and oxygen atoms in total. The van der Waals surface area contributed by atoms with Crippen LogP contribution in [-0.2, 0) is 20.2 Å². The van der Waals surface area contributed by atoms with E-state index in [1.54, 1.807) is 25.0 Å². The van der Waals surface area contributed by atoms with Gasteiger partial charge < -0.3 is 9.80 Å². The fourth-order valence-corrected chi connectivity index (χ4v) is 10.4. The molecule has 0 aromatic heterocycles. The molecule has 2 heterocycles. The predicted molar refractivity (Wildman–Crippen MR) is 171 cm³/mol.